The minimum absolute atomic E-state index is 0.0617. The van der Waals surface area contributed by atoms with Crippen molar-refractivity contribution in [3.05, 3.63) is 12.2 Å². The van der Waals surface area contributed by atoms with Gasteiger partial charge in [0.2, 0.25) is 0 Å². The molecular weight excluding hydrogens is 871 g/mol. The second-order valence-electron chi connectivity index (χ2n) is 21.2. The molecule has 0 aliphatic carbocycles. The molecule has 17 heteroatoms. The second-order valence-corrected chi connectivity index (χ2v) is 21.2. The Hall–Kier alpha value is -2.13. The van der Waals surface area contributed by atoms with Crippen molar-refractivity contribution in [3.8, 4) is 0 Å². The number of ether oxygens (including phenoxy) is 10. The normalized spacial score (nSPS) is 44.1. The molecule has 4 aliphatic rings. The molecule has 4 saturated heterocycles. The van der Waals surface area contributed by atoms with Crippen molar-refractivity contribution in [1.29, 1.82) is 0 Å². The van der Waals surface area contributed by atoms with E-state index in [9.17, 15) is 24.9 Å². The molecule has 0 spiro atoms. The van der Waals surface area contributed by atoms with Gasteiger partial charge in [-0.2, -0.15) is 0 Å². The third-order valence-electron chi connectivity index (χ3n) is 14.5. The average Bonchev–Trinajstić information content (AvgIpc) is 3.36. The maximum Gasteiger partial charge on any atom is 0.311 e. The molecule has 0 saturated carbocycles. The Balaban J connectivity index is 1.86. The fraction of sp³-hybridized carbons (Fsp3) is 0.900. The lowest BCUT2D eigenvalue weighted by molar-refractivity contribution is -0.305. The molecule has 0 bridgehead atoms. The van der Waals surface area contributed by atoms with Gasteiger partial charge in [-0.3, -0.25) is 14.4 Å². The number of carbonyl (C=O) groups excluding carboxylic acids is 3. The molecule has 22 atom stereocenters. The van der Waals surface area contributed by atoms with Gasteiger partial charge in [-0.05, 0) is 78.8 Å². The van der Waals surface area contributed by atoms with Crippen molar-refractivity contribution in [3.63, 3.8) is 0 Å². The maximum absolute atomic E-state index is 15.1. The second kappa shape index (κ2) is 24.8. The molecule has 0 aromatic heterocycles. The van der Waals surface area contributed by atoms with Crippen molar-refractivity contribution in [2.45, 2.75) is 213 Å². The van der Waals surface area contributed by atoms with E-state index in [1.807, 2.05) is 55.5 Å². The largest absolute Gasteiger partial charge is 0.461 e. The van der Waals surface area contributed by atoms with Crippen LogP contribution in [-0.4, -0.2) is 170 Å². The van der Waals surface area contributed by atoms with Gasteiger partial charge in [-0.15, -0.1) is 0 Å². The number of ketones is 1. The fourth-order valence-corrected chi connectivity index (χ4v) is 10.6. The van der Waals surface area contributed by atoms with Gasteiger partial charge in [-0.25, -0.2) is 0 Å². The number of Topliss-reactive ketones (excluding diaryl/α,β-unsaturated/α-hetero) is 1. The van der Waals surface area contributed by atoms with E-state index in [0.717, 1.165) is 0 Å². The number of hydrogen-bond acceptors (Lipinski definition) is 17. The first-order chi connectivity index (χ1) is 31.2. The summed E-state index contributed by atoms with van der Waals surface area (Å²) in [7, 11) is 4.95. The summed E-state index contributed by atoms with van der Waals surface area (Å²) in [6.45, 7) is 28.1. The molecule has 4 heterocycles. The highest BCUT2D eigenvalue weighted by molar-refractivity contribution is 5.89. The summed E-state index contributed by atoms with van der Waals surface area (Å²) in [6.07, 6.45) is -11.0. The summed E-state index contributed by atoms with van der Waals surface area (Å²) >= 11 is 0. The Kier molecular flexibility index (Phi) is 21.3. The van der Waals surface area contributed by atoms with Gasteiger partial charge in [0.25, 0.3) is 0 Å². The number of rotatable bonds is 13. The summed E-state index contributed by atoms with van der Waals surface area (Å²) in [5.74, 6) is -6.62. The smallest absolute Gasteiger partial charge is 0.311 e. The zero-order valence-electron chi connectivity index (χ0n) is 43.2. The highest BCUT2D eigenvalue weighted by atomic mass is 16.7. The van der Waals surface area contributed by atoms with Crippen LogP contribution in [0.3, 0.4) is 0 Å². The van der Waals surface area contributed by atoms with Crippen LogP contribution in [-0.2, 0) is 61.8 Å². The van der Waals surface area contributed by atoms with Crippen LogP contribution in [0, 0.1) is 41.4 Å². The number of methoxy groups -OCH3 is 2. The van der Waals surface area contributed by atoms with Crippen LogP contribution in [0.2, 0.25) is 0 Å². The van der Waals surface area contributed by atoms with E-state index in [4.69, 9.17) is 47.4 Å². The summed E-state index contributed by atoms with van der Waals surface area (Å²) in [4.78, 5) is 45.7. The van der Waals surface area contributed by atoms with E-state index >= 15 is 4.79 Å². The summed E-state index contributed by atoms with van der Waals surface area (Å²) in [6, 6.07) is 0.0658. The lowest BCUT2D eigenvalue weighted by Crippen LogP contribution is -2.59. The van der Waals surface area contributed by atoms with Gasteiger partial charge in [0.05, 0.1) is 49.0 Å². The molecule has 4 aliphatic heterocycles. The number of aliphatic hydroxyl groups is 3. The van der Waals surface area contributed by atoms with Gasteiger partial charge in [-0.1, -0.05) is 55.0 Å². The van der Waals surface area contributed by atoms with Crippen LogP contribution < -0.4 is 0 Å². The fourth-order valence-electron chi connectivity index (χ4n) is 10.6. The Labute approximate surface area is 400 Å². The van der Waals surface area contributed by atoms with Crippen molar-refractivity contribution in [2.75, 3.05) is 34.4 Å². The molecule has 0 amide bonds. The van der Waals surface area contributed by atoms with E-state index < -0.39 is 133 Å². The van der Waals surface area contributed by atoms with E-state index in [2.05, 4.69) is 18.4 Å². The number of aliphatic hydroxyl groups excluding tert-OH is 2. The molecule has 17 nitrogen and oxygen atoms in total. The Morgan fingerprint density at radius 1 is 0.836 bits per heavy atom. The summed E-state index contributed by atoms with van der Waals surface area (Å²) in [5, 5.41) is 34.5. The Morgan fingerprint density at radius 3 is 2.09 bits per heavy atom. The standard InChI is InChI=1S/C50H87NO16/c1-24(2)18-36(52)64-42-32(10)41(27(5)23-60-49-45(59-17)44(58-16)39(54)35(13)63-49)66-47(56)34(12)43(65-37-20-28(6)51(15)22-30(8)61-37)31(9)40(26(4)21-50(14,57)46(55)33(42)11)67-48-38(53)25(3)19-29(7)62-48/h24,26-35,37-45,48-49,53-54,57H,3,18-23H2,1-2,4-17H3/t26-,27-,28-,29+,30-,31+,32-,33+,34+,35+,37-,38+,39+,40-,41+,42+,43-,44+,45+,48-,49+,50-/m0/s1. The Bertz CT molecular complexity index is 1610. The average molecular weight is 958 g/mol. The highest BCUT2D eigenvalue weighted by Crippen LogP contribution is 2.40. The minimum Gasteiger partial charge on any atom is -0.461 e. The zero-order chi connectivity index (χ0) is 50.4. The SMILES string of the molecule is C=C1C[C@@H](C)O[C@@H](O[C@@H]2[C@@H](C)[C@H](O[C@H]3C[C@H](C)N(C)C[C@H](C)O3)[C@@H](C)C(=O)O[C@H]([C@@H](C)CO[C@@H]3O[C@H](C)[C@@H](O)[C@@H](OC)[C@H]3OC)[C@H](C)[C@@H](OC(=O)CC(C)C)[C@@H](C)C(=O)[C@@](C)(O)C[C@@H]2C)[C@@H]1O. The molecule has 0 radical (unpaired) electrons. The third kappa shape index (κ3) is 14.5. The number of carbonyl (C=O) groups is 3. The predicted molar refractivity (Wildman–Crippen MR) is 247 cm³/mol. The lowest BCUT2D eigenvalue weighted by atomic mass is 9.74. The first-order valence-electron chi connectivity index (χ1n) is 24.6. The first-order valence-corrected chi connectivity index (χ1v) is 24.6. The summed E-state index contributed by atoms with van der Waals surface area (Å²) in [5.41, 5.74) is -1.44. The lowest BCUT2D eigenvalue weighted by Gasteiger charge is -2.44. The van der Waals surface area contributed by atoms with E-state index in [1.54, 1.807) is 27.7 Å². The molecule has 0 unspecified atom stereocenters. The first kappa shape index (κ1) is 57.4. The number of esters is 2. The van der Waals surface area contributed by atoms with Crippen molar-refractivity contribution in [2.24, 2.45) is 41.4 Å². The van der Waals surface area contributed by atoms with Gasteiger partial charge in [0.1, 0.15) is 42.2 Å². The number of cyclic esters (lactones) is 1. The van der Waals surface area contributed by atoms with Crippen molar-refractivity contribution >= 4 is 17.7 Å². The van der Waals surface area contributed by atoms with Gasteiger partial charge < -0.3 is 67.6 Å². The van der Waals surface area contributed by atoms with Crippen LogP contribution in [0.5, 0.6) is 0 Å². The molecular formula is C50H87NO16. The van der Waals surface area contributed by atoms with Crippen LogP contribution in [0.4, 0.5) is 0 Å². The predicted octanol–water partition coefficient (Wildman–Crippen LogP) is 4.83. The molecule has 0 aromatic rings. The van der Waals surface area contributed by atoms with Crippen LogP contribution >= 0.6 is 0 Å². The number of nitrogens with zero attached hydrogens (tertiary/aromatic N) is 1. The molecule has 4 fully saturated rings. The van der Waals surface area contributed by atoms with Gasteiger partial charge in [0.15, 0.2) is 24.7 Å². The summed E-state index contributed by atoms with van der Waals surface area (Å²) < 4.78 is 63.0. The minimum atomic E-state index is -1.98. The zero-order valence-corrected chi connectivity index (χ0v) is 43.2. The third-order valence-corrected chi connectivity index (χ3v) is 14.5. The molecule has 388 valence electrons. The van der Waals surface area contributed by atoms with Crippen molar-refractivity contribution in [1.82, 2.24) is 4.90 Å². The van der Waals surface area contributed by atoms with Gasteiger partial charge >= 0.3 is 11.9 Å². The monoisotopic (exact) mass is 958 g/mol. The van der Waals surface area contributed by atoms with E-state index in [0.29, 0.717) is 25.0 Å². The quantitative estimate of drug-likeness (QED) is 0.167. The maximum atomic E-state index is 15.1. The van der Waals surface area contributed by atoms with Gasteiger partial charge in [0, 0.05) is 57.4 Å². The van der Waals surface area contributed by atoms with Crippen LogP contribution in [0.15, 0.2) is 12.2 Å². The molecule has 0 aromatic carbocycles. The molecule has 4 rings (SSSR count). The number of likely N-dealkylation sites (N-methyl/N-ethyl adjacent to an activating group) is 1. The van der Waals surface area contributed by atoms with Crippen LogP contribution in [0.25, 0.3) is 0 Å². The van der Waals surface area contributed by atoms with E-state index in [-0.39, 0.29) is 43.6 Å². The van der Waals surface area contributed by atoms with Crippen molar-refractivity contribution < 1.29 is 77.1 Å². The van der Waals surface area contributed by atoms with E-state index in [1.165, 1.54) is 21.1 Å². The Morgan fingerprint density at radius 2 is 1.48 bits per heavy atom. The number of hydrogen-bond donors (Lipinski definition) is 3. The van der Waals surface area contributed by atoms with Crippen LogP contribution in [0.1, 0.15) is 116 Å². The molecule has 3 N–H and O–H groups in total. The molecule has 67 heavy (non-hydrogen) atoms. The highest BCUT2D eigenvalue weighted by Gasteiger charge is 2.51. The topological polar surface area (TPSA) is 207 Å².